The van der Waals surface area contributed by atoms with Gasteiger partial charge < -0.3 is 24.0 Å². The molecule has 0 atom stereocenters. The quantitative estimate of drug-likeness (QED) is 0.229. The van der Waals surface area contributed by atoms with E-state index in [1.165, 1.54) is 44.3 Å². The number of piperazine rings is 1. The molecule has 5 heterocycles. The number of hydrogen-bond donors (Lipinski definition) is 0. The summed E-state index contributed by atoms with van der Waals surface area (Å²) in [6.45, 7) is 16.0. The zero-order valence-corrected chi connectivity index (χ0v) is 26.0. The molecule has 5 aromatic rings. The number of aryl methyl sites for hydroxylation is 1. The van der Waals surface area contributed by atoms with Crippen molar-refractivity contribution in [3.8, 4) is 11.1 Å². The van der Waals surface area contributed by atoms with E-state index in [0.29, 0.717) is 0 Å². The molecule has 3 aromatic carbocycles. The molecule has 0 N–H and O–H groups in total. The second kappa shape index (κ2) is 12.0. The van der Waals surface area contributed by atoms with E-state index in [9.17, 15) is 0 Å². The molecule has 0 aliphatic carbocycles. The summed E-state index contributed by atoms with van der Waals surface area (Å²) >= 11 is 0. The molecule has 228 valence electrons. The normalized spacial score (nSPS) is 18.5. The Hall–Kier alpha value is -3.65. The van der Waals surface area contributed by atoms with Gasteiger partial charge >= 0.3 is 0 Å². The fraction of sp³-hybridized carbons (Fsp3) is 0.432. The molecular formula is C37H44N6O. The molecule has 3 aliphatic rings. The van der Waals surface area contributed by atoms with E-state index in [1.807, 2.05) is 0 Å². The van der Waals surface area contributed by atoms with Crippen molar-refractivity contribution < 1.29 is 4.74 Å². The molecule has 0 amide bonds. The smallest absolute Gasteiger partial charge is 0.0988 e. The van der Waals surface area contributed by atoms with Gasteiger partial charge in [0, 0.05) is 81.9 Å². The Balaban J connectivity index is 1.16. The lowest BCUT2D eigenvalue weighted by Gasteiger charge is -2.35. The van der Waals surface area contributed by atoms with E-state index in [1.54, 1.807) is 0 Å². The number of morpholine rings is 1. The van der Waals surface area contributed by atoms with E-state index in [2.05, 4.69) is 97.8 Å². The van der Waals surface area contributed by atoms with Crippen LogP contribution >= 0.6 is 0 Å². The number of nitrogens with zero attached hydrogens (tertiary/aromatic N) is 6. The highest BCUT2D eigenvalue weighted by Crippen LogP contribution is 2.42. The largest absolute Gasteiger partial charge is 0.379 e. The number of likely N-dealkylation sites (N-methyl/N-ethyl adjacent to an activating group) is 1. The van der Waals surface area contributed by atoms with Gasteiger partial charge in [0.05, 0.1) is 41.0 Å². The van der Waals surface area contributed by atoms with Crippen LogP contribution in [0.3, 0.4) is 0 Å². The molecule has 8 rings (SSSR count). The van der Waals surface area contributed by atoms with Crippen molar-refractivity contribution in [3.05, 3.63) is 66.7 Å². The van der Waals surface area contributed by atoms with E-state index in [-0.39, 0.29) is 0 Å². The fourth-order valence-electron chi connectivity index (χ4n) is 7.69. The Morgan fingerprint density at radius 3 is 2.34 bits per heavy atom. The molecule has 2 aromatic heterocycles. The number of fused-ring (bicyclic) bond motifs is 5. The van der Waals surface area contributed by atoms with Crippen molar-refractivity contribution in [2.75, 3.05) is 88.5 Å². The summed E-state index contributed by atoms with van der Waals surface area (Å²) in [4.78, 5) is 15.7. The second-order valence-corrected chi connectivity index (χ2v) is 12.7. The van der Waals surface area contributed by atoms with Crippen LogP contribution < -0.4 is 9.80 Å². The molecule has 0 saturated carbocycles. The van der Waals surface area contributed by atoms with E-state index in [4.69, 9.17) is 9.72 Å². The summed E-state index contributed by atoms with van der Waals surface area (Å²) in [7, 11) is 0. The minimum atomic E-state index is 0.862. The molecule has 0 bridgehead atoms. The van der Waals surface area contributed by atoms with Crippen LogP contribution in [-0.4, -0.2) is 98.0 Å². The number of anilines is 2. The predicted octanol–water partition coefficient (Wildman–Crippen LogP) is 6.08. The molecule has 44 heavy (non-hydrogen) atoms. The summed E-state index contributed by atoms with van der Waals surface area (Å²) in [6, 6.07) is 25.0. The summed E-state index contributed by atoms with van der Waals surface area (Å²) in [5.41, 5.74) is 10.0. The van der Waals surface area contributed by atoms with Crippen LogP contribution in [-0.2, 0) is 11.3 Å². The van der Waals surface area contributed by atoms with Gasteiger partial charge in [-0.2, -0.15) is 0 Å². The third kappa shape index (κ3) is 5.11. The number of pyridine rings is 1. The van der Waals surface area contributed by atoms with E-state index in [0.717, 1.165) is 109 Å². The zero-order valence-electron chi connectivity index (χ0n) is 26.0. The fourth-order valence-corrected chi connectivity index (χ4v) is 7.69. The number of aromatic nitrogens is 2. The lowest BCUT2D eigenvalue weighted by Crippen LogP contribution is -2.46. The maximum atomic E-state index is 5.58. The van der Waals surface area contributed by atoms with Gasteiger partial charge in [0.15, 0.2) is 0 Å². The first-order valence-corrected chi connectivity index (χ1v) is 16.7. The minimum absolute atomic E-state index is 0.862. The lowest BCUT2D eigenvalue weighted by atomic mass is 10.0. The number of para-hydroxylation sites is 1. The maximum Gasteiger partial charge on any atom is 0.0988 e. The summed E-state index contributed by atoms with van der Waals surface area (Å²) < 4.78 is 8.13. The minimum Gasteiger partial charge on any atom is -0.379 e. The highest BCUT2D eigenvalue weighted by Gasteiger charge is 2.25. The number of rotatable bonds is 7. The topological polar surface area (TPSA) is 40.0 Å². The standard InChI is InChI=1S/C37H44N6O/c1-2-39-19-21-41(22-20-39)30-12-9-28(10-13-30)29-11-14-31-33(27-29)38-35-32-7-3-4-8-34(32)43-18-6-17-42(36(31)37(35)43)16-5-15-40-23-25-44-26-24-40/h3-4,7-14,27H,2,5-6,15-26H2,1H3. The van der Waals surface area contributed by atoms with Crippen molar-refractivity contribution in [3.63, 3.8) is 0 Å². The Morgan fingerprint density at radius 1 is 0.727 bits per heavy atom. The van der Waals surface area contributed by atoms with Crippen LogP contribution in [0.2, 0.25) is 0 Å². The Kier molecular flexibility index (Phi) is 7.62. The van der Waals surface area contributed by atoms with Gasteiger partial charge in [-0.25, -0.2) is 4.98 Å². The molecule has 0 radical (unpaired) electrons. The highest BCUT2D eigenvalue weighted by atomic mass is 16.5. The van der Waals surface area contributed by atoms with Gasteiger partial charge in [0.1, 0.15) is 0 Å². The Morgan fingerprint density at radius 2 is 1.52 bits per heavy atom. The van der Waals surface area contributed by atoms with Gasteiger partial charge in [-0.3, -0.25) is 4.90 Å². The van der Waals surface area contributed by atoms with Crippen LogP contribution in [0.4, 0.5) is 11.4 Å². The Bertz CT molecular complexity index is 1760. The van der Waals surface area contributed by atoms with Gasteiger partial charge in [0.25, 0.3) is 0 Å². The predicted molar refractivity (Wildman–Crippen MR) is 183 cm³/mol. The van der Waals surface area contributed by atoms with Crippen LogP contribution in [0.1, 0.15) is 19.8 Å². The van der Waals surface area contributed by atoms with Crippen molar-refractivity contribution in [2.45, 2.75) is 26.3 Å². The number of hydrogen-bond acceptors (Lipinski definition) is 6. The monoisotopic (exact) mass is 588 g/mol. The first-order chi connectivity index (χ1) is 21.8. The zero-order chi connectivity index (χ0) is 29.5. The van der Waals surface area contributed by atoms with Crippen molar-refractivity contribution in [1.82, 2.24) is 19.4 Å². The van der Waals surface area contributed by atoms with Crippen LogP contribution in [0.25, 0.3) is 44.0 Å². The van der Waals surface area contributed by atoms with Gasteiger partial charge in [0.2, 0.25) is 0 Å². The summed E-state index contributed by atoms with van der Waals surface area (Å²) in [5, 5.41) is 2.53. The van der Waals surface area contributed by atoms with Crippen LogP contribution in [0.5, 0.6) is 0 Å². The first kappa shape index (κ1) is 27.9. The molecule has 2 fully saturated rings. The van der Waals surface area contributed by atoms with Gasteiger partial charge in [-0.1, -0.05) is 49.4 Å². The first-order valence-electron chi connectivity index (χ1n) is 16.7. The van der Waals surface area contributed by atoms with Crippen LogP contribution in [0, 0.1) is 0 Å². The molecule has 7 heteroatoms. The highest BCUT2D eigenvalue weighted by molar-refractivity contribution is 6.17. The summed E-state index contributed by atoms with van der Waals surface area (Å²) in [5.74, 6) is 0. The molecule has 0 unspecified atom stereocenters. The molecule has 7 nitrogen and oxygen atoms in total. The summed E-state index contributed by atoms with van der Waals surface area (Å²) in [6.07, 6.45) is 2.29. The molecule has 0 spiro atoms. The average Bonchev–Trinajstić information content (AvgIpc) is 3.26. The van der Waals surface area contributed by atoms with E-state index >= 15 is 0 Å². The SMILES string of the molecule is CCN1CCN(c2ccc(-c3ccc4c5c6c(nc4c3)c3ccccc3n6CCCN5CCCN3CCOCC3)cc2)CC1. The van der Waals surface area contributed by atoms with Crippen molar-refractivity contribution in [1.29, 1.82) is 0 Å². The Labute approximate surface area is 260 Å². The lowest BCUT2D eigenvalue weighted by molar-refractivity contribution is 0.0376. The third-order valence-electron chi connectivity index (χ3n) is 10.2. The van der Waals surface area contributed by atoms with E-state index < -0.39 is 0 Å². The van der Waals surface area contributed by atoms with Gasteiger partial charge in [-0.15, -0.1) is 0 Å². The molecular weight excluding hydrogens is 544 g/mol. The van der Waals surface area contributed by atoms with Crippen molar-refractivity contribution >= 4 is 44.2 Å². The molecule has 3 aliphatic heterocycles. The maximum absolute atomic E-state index is 5.58. The molecule has 2 saturated heterocycles. The van der Waals surface area contributed by atoms with Crippen LogP contribution in [0.15, 0.2) is 66.7 Å². The second-order valence-electron chi connectivity index (χ2n) is 12.7. The van der Waals surface area contributed by atoms with Crippen molar-refractivity contribution in [2.24, 2.45) is 0 Å². The number of benzene rings is 3. The third-order valence-corrected chi connectivity index (χ3v) is 10.2. The van der Waals surface area contributed by atoms with Gasteiger partial charge in [-0.05, 0) is 54.8 Å². The average molecular weight is 589 g/mol. The number of ether oxygens (including phenoxy) is 1.